The molecular formula is C13H13Cl2NO. The zero-order valence-electron chi connectivity index (χ0n) is 9.47. The van der Waals surface area contributed by atoms with Crippen LogP contribution in [0.5, 0.6) is 0 Å². The van der Waals surface area contributed by atoms with Crippen LogP contribution in [-0.4, -0.2) is 12.5 Å². The molecule has 0 unspecified atom stereocenters. The lowest BCUT2D eigenvalue weighted by atomic mass is 10.2. The maximum absolute atomic E-state index is 11.4. The molecular weight excluding hydrogens is 257 g/mol. The highest BCUT2D eigenvalue weighted by Crippen LogP contribution is 2.21. The van der Waals surface area contributed by atoms with Gasteiger partial charge < -0.3 is 5.32 Å². The summed E-state index contributed by atoms with van der Waals surface area (Å²) in [5, 5.41) is 3.77. The number of rotatable bonds is 4. The van der Waals surface area contributed by atoms with Crippen molar-refractivity contribution in [3.63, 3.8) is 0 Å². The zero-order chi connectivity index (χ0) is 12.8. The normalized spacial score (nSPS) is 10.5. The summed E-state index contributed by atoms with van der Waals surface area (Å²) >= 11 is 11.7. The van der Waals surface area contributed by atoms with Crippen LogP contribution in [0.15, 0.2) is 36.4 Å². The van der Waals surface area contributed by atoms with Gasteiger partial charge in [-0.05, 0) is 30.7 Å². The Balaban J connectivity index is 2.64. The zero-order valence-corrected chi connectivity index (χ0v) is 11.0. The van der Waals surface area contributed by atoms with E-state index in [1.165, 1.54) is 6.08 Å². The molecule has 1 aromatic carbocycles. The summed E-state index contributed by atoms with van der Waals surface area (Å²) in [4.78, 5) is 11.4. The Hall–Kier alpha value is -1.25. The van der Waals surface area contributed by atoms with Crippen molar-refractivity contribution in [1.29, 1.82) is 0 Å². The van der Waals surface area contributed by atoms with Crippen LogP contribution in [0.2, 0.25) is 10.0 Å². The lowest BCUT2D eigenvalue weighted by molar-refractivity contribution is -0.116. The van der Waals surface area contributed by atoms with Crippen LogP contribution < -0.4 is 5.32 Å². The summed E-state index contributed by atoms with van der Waals surface area (Å²) in [6.45, 7) is 6.01. The molecule has 0 spiro atoms. The Kier molecular flexibility index (Phi) is 5.26. The first-order valence-corrected chi connectivity index (χ1v) is 5.80. The van der Waals surface area contributed by atoms with Gasteiger partial charge in [-0.1, -0.05) is 41.4 Å². The highest BCUT2D eigenvalue weighted by Gasteiger charge is 1.99. The third kappa shape index (κ3) is 5.07. The minimum atomic E-state index is -0.181. The van der Waals surface area contributed by atoms with Crippen LogP contribution in [-0.2, 0) is 4.79 Å². The van der Waals surface area contributed by atoms with E-state index in [1.54, 1.807) is 24.3 Å². The van der Waals surface area contributed by atoms with Gasteiger partial charge in [0.15, 0.2) is 0 Å². The molecule has 2 nitrogen and oxygen atoms in total. The van der Waals surface area contributed by atoms with Gasteiger partial charge in [0.2, 0.25) is 5.91 Å². The van der Waals surface area contributed by atoms with Crippen molar-refractivity contribution in [3.05, 3.63) is 52.0 Å². The predicted molar refractivity (Wildman–Crippen MR) is 73.3 cm³/mol. The van der Waals surface area contributed by atoms with E-state index in [4.69, 9.17) is 23.2 Å². The molecule has 0 saturated carbocycles. The second-order valence-corrected chi connectivity index (χ2v) is 4.52. The van der Waals surface area contributed by atoms with Crippen LogP contribution in [0, 0.1) is 0 Å². The fraction of sp³-hybridized carbons (Fsp3) is 0.154. The van der Waals surface area contributed by atoms with Gasteiger partial charge >= 0.3 is 0 Å². The Bertz CT molecular complexity index is 466. The lowest BCUT2D eigenvalue weighted by Gasteiger charge is -2.01. The van der Waals surface area contributed by atoms with E-state index in [0.29, 0.717) is 16.6 Å². The molecule has 0 saturated heterocycles. The first kappa shape index (κ1) is 13.8. The topological polar surface area (TPSA) is 29.1 Å². The van der Waals surface area contributed by atoms with Crippen molar-refractivity contribution >= 4 is 35.2 Å². The summed E-state index contributed by atoms with van der Waals surface area (Å²) in [6, 6.07) is 5.11. The molecule has 1 N–H and O–H groups in total. The molecule has 1 amide bonds. The second kappa shape index (κ2) is 6.48. The molecule has 90 valence electrons. The number of hydrogen-bond acceptors (Lipinski definition) is 1. The maximum Gasteiger partial charge on any atom is 0.244 e. The van der Waals surface area contributed by atoms with Crippen LogP contribution in [0.4, 0.5) is 0 Å². The highest BCUT2D eigenvalue weighted by atomic mass is 35.5. The molecule has 0 heterocycles. The van der Waals surface area contributed by atoms with Crippen LogP contribution in [0.25, 0.3) is 6.08 Å². The molecule has 17 heavy (non-hydrogen) atoms. The maximum atomic E-state index is 11.4. The monoisotopic (exact) mass is 269 g/mol. The summed E-state index contributed by atoms with van der Waals surface area (Å²) < 4.78 is 0. The van der Waals surface area contributed by atoms with E-state index < -0.39 is 0 Å². The fourth-order valence-electron chi connectivity index (χ4n) is 1.10. The second-order valence-electron chi connectivity index (χ2n) is 3.67. The molecule has 1 aromatic rings. The number of halogens is 2. The molecule has 0 aromatic heterocycles. The molecule has 0 atom stereocenters. The number of amides is 1. The van der Waals surface area contributed by atoms with E-state index in [9.17, 15) is 4.79 Å². The van der Waals surface area contributed by atoms with Crippen molar-refractivity contribution in [1.82, 2.24) is 5.32 Å². The standard InChI is InChI=1S/C13H13Cl2NO/c1-9(2)8-16-13(17)6-4-10-3-5-11(14)7-12(10)15/h3-7H,1,8H2,2H3,(H,16,17)/b6-4+. The van der Waals surface area contributed by atoms with Crippen molar-refractivity contribution in [3.8, 4) is 0 Å². The van der Waals surface area contributed by atoms with Gasteiger partial charge in [0.05, 0.1) is 0 Å². The lowest BCUT2D eigenvalue weighted by Crippen LogP contribution is -2.22. The van der Waals surface area contributed by atoms with Gasteiger partial charge in [-0.15, -0.1) is 0 Å². The van der Waals surface area contributed by atoms with E-state index in [-0.39, 0.29) is 5.91 Å². The summed E-state index contributed by atoms with van der Waals surface area (Å²) in [7, 11) is 0. The molecule has 0 radical (unpaired) electrons. The Morgan fingerprint density at radius 1 is 1.47 bits per heavy atom. The molecule has 0 bridgehead atoms. The number of benzene rings is 1. The van der Waals surface area contributed by atoms with Gasteiger partial charge in [0.1, 0.15) is 0 Å². The fourth-order valence-corrected chi connectivity index (χ4v) is 1.57. The van der Waals surface area contributed by atoms with Crippen molar-refractivity contribution in [2.75, 3.05) is 6.54 Å². The van der Waals surface area contributed by atoms with Gasteiger partial charge in [0, 0.05) is 22.7 Å². The van der Waals surface area contributed by atoms with Crippen LogP contribution in [0.1, 0.15) is 12.5 Å². The number of carbonyl (C=O) groups is 1. The predicted octanol–water partition coefficient (Wildman–Crippen LogP) is 3.70. The van der Waals surface area contributed by atoms with E-state index in [1.807, 2.05) is 6.92 Å². The third-order valence-electron chi connectivity index (χ3n) is 1.94. The van der Waals surface area contributed by atoms with Gasteiger partial charge in [-0.2, -0.15) is 0 Å². The average Bonchev–Trinajstić information content (AvgIpc) is 2.25. The molecule has 0 aliphatic rings. The van der Waals surface area contributed by atoms with Gasteiger partial charge in [-0.3, -0.25) is 4.79 Å². The van der Waals surface area contributed by atoms with Crippen molar-refractivity contribution in [2.24, 2.45) is 0 Å². The van der Waals surface area contributed by atoms with E-state index >= 15 is 0 Å². The quantitative estimate of drug-likeness (QED) is 0.656. The Labute approximate surface area is 111 Å². The third-order valence-corrected chi connectivity index (χ3v) is 2.50. The molecule has 0 aliphatic carbocycles. The van der Waals surface area contributed by atoms with E-state index in [0.717, 1.165) is 11.1 Å². The average molecular weight is 270 g/mol. The number of hydrogen-bond donors (Lipinski definition) is 1. The molecule has 0 aliphatic heterocycles. The summed E-state index contributed by atoms with van der Waals surface area (Å²) in [5.74, 6) is -0.181. The smallest absolute Gasteiger partial charge is 0.244 e. The van der Waals surface area contributed by atoms with E-state index in [2.05, 4.69) is 11.9 Å². The first-order chi connectivity index (χ1) is 7.99. The minimum absolute atomic E-state index is 0.181. The highest BCUT2D eigenvalue weighted by molar-refractivity contribution is 6.35. The number of nitrogens with one attached hydrogen (secondary N) is 1. The minimum Gasteiger partial charge on any atom is -0.349 e. The summed E-state index contributed by atoms with van der Waals surface area (Å²) in [5.41, 5.74) is 1.65. The van der Waals surface area contributed by atoms with Gasteiger partial charge in [-0.25, -0.2) is 0 Å². The van der Waals surface area contributed by atoms with Crippen molar-refractivity contribution < 1.29 is 4.79 Å². The van der Waals surface area contributed by atoms with Crippen molar-refractivity contribution in [2.45, 2.75) is 6.92 Å². The Morgan fingerprint density at radius 3 is 2.76 bits per heavy atom. The summed E-state index contributed by atoms with van der Waals surface area (Å²) in [6.07, 6.45) is 3.07. The van der Waals surface area contributed by atoms with Crippen LogP contribution >= 0.6 is 23.2 Å². The van der Waals surface area contributed by atoms with Gasteiger partial charge in [0.25, 0.3) is 0 Å². The molecule has 0 fully saturated rings. The van der Waals surface area contributed by atoms with Crippen LogP contribution in [0.3, 0.4) is 0 Å². The molecule has 4 heteroatoms. The first-order valence-electron chi connectivity index (χ1n) is 5.04. The SMILES string of the molecule is C=C(C)CNC(=O)/C=C/c1ccc(Cl)cc1Cl. The Morgan fingerprint density at radius 2 is 2.18 bits per heavy atom. The number of carbonyl (C=O) groups excluding carboxylic acids is 1. The molecule has 1 rings (SSSR count). The largest absolute Gasteiger partial charge is 0.349 e.